The number of carbonyl (C=O) groups is 1. The van der Waals surface area contributed by atoms with Crippen molar-refractivity contribution in [2.24, 2.45) is 5.73 Å². The fourth-order valence-corrected chi connectivity index (χ4v) is 1.25. The largest absolute Gasteiger partial charge is 0.460 e. The van der Waals surface area contributed by atoms with Crippen LogP contribution in [-0.4, -0.2) is 19.3 Å². The molecule has 0 saturated heterocycles. The highest BCUT2D eigenvalue weighted by molar-refractivity contribution is 5.71. The average Bonchev–Trinajstić information content (AvgIpc) is 2.72. The third-order valence-corrected chi connectivity index (χ3v) is 2.00. The van der Waals surface area contributed by atoms with Crippen LogP contribution in [0.15, 0.2) is 18.2 Å². The number of carbonyl (C=O) groups excluding carboxylic acids is 1. The van der Waals surface area contributed by atoms with Gasteiger partial charge in [0.05, 0.1) is 6.54 Å². The topological polar surface area (TPSA) is 70.8 Å². The quantitative estimate of drug-likeness (QED) is 0.730. The Morgan fingerprint density at radius 1 is 1.40 bits per heavy atom. The second-order valence-electron chi connectivity index (χ2n) is 3.05. The summed E-state index contributed by atoms with van der Waals surface area (Å²) in [5, 5.41) is 0. The van der Waals surface area contributed by atoms with Crippen LogP contribution in [0.2, 0.25) is 0 Å². The van der Waals surface area contributed by atoms with Crippen LogP contribution < -0.4 is 15.2 Å². The zero-order valence-corrected chi connectivity index (χ0v) is 8.06. The number of hydrogen-bond acceptors (Lipinski definition) is 5. The highest BCUT2D eigenvalue weighted by atomic mass is 16.7. The van der Waals surface area contributed by atoms with Gasteiger partial charge in [0.25, 0.3) is 0 Å². The average molecular weight is 209 g/mol. The van der Waals surface area contributed by atoms with Crippen molar-refractivity contribution >= 4 is 5.97 Å². The van der Waals surface area contributed by atoms with Crippen molar-refractivity contribution in [3.8, 4) is 11.5 Å². The second-order valence-corrected chi connectivity index (χ2v) is 3.05. The van der Waals surface area contributed by atoms with Gasteiger partial charge in [-0.1, -0.05) is 6.07 Å². The fraction of sp³-hybridized carbons (Fsp3) is 0.300. The van der Waals surface area contributed by atoms with E-state index in [0.29, 0.717) is 11.5 Å². The van der Waals surface area contributed by atoms with Crippen LogP contribution in [0.25, 0.3) is 0 Å². The molecule has 0 bridgehead atoms. The molecule has 0 spiro atoms. The molecular weight excluding hydrogens is 198 g/mol. The predicted octanol–water partition coefficient (Wildman–Crippen LogP) is 0.417. The normalized spacial score (nSPS) is 12.6. The standard InChI is InChI=1S/C10H11NO4/c11-4-10(12)13-5-7-1-2-8-9(3-7)15-6-14-8/h1-3H,4-6,11H2. The summed E-state index contributed by atoms with van der Waals surface area (Å²) in [7, 11) is 0. The Kier molecular flexibility index (Phi) is 2.73. The molecular formula is C10H11NO4. The molecule has 0 atom stereocenters. The SMILES string of the molecule is NCC(=O)OCc1ccc2c(c1)OCO2. The summed E-state index contributed by atoms with van der Waals surface area (Å²) >= 11 is 0. The second kappa shape index (κ2) is 4.18. The van der Waals surface area contributed by atoms with E-state index >= 15 is 0 Å². The molecule has 80 valence electrons. The minimum Gasteiger partial charge on any atom is -0.460 e. The van der Waals surface area contributed by atoms with Crippen LogP contribution >= 0.6 is 0 Å². The van der Waals surface area contributed by atoms with Gasteiger partial charge in [-0.05, 0) is 17.7 Å². The highest BCUT2D eigenvalue weighted by Gasteiger charge is 2.13. The maximum Gasteiger partial charge on any atom is 0.320 e. The van der Waals surface area contributed by atoms with Crippen LogP contribution in [0.5, 0.6) is 11.5 Å². The minimum absolute atomic E-state index is 0.107. The molecule has 1 heterocycles. The van der Waals surface area contributed by atoms with Gasteiger partial charge in [-0.3, -0.25) is 4.79 Å². The van der Waals surface area contributed by atoms with Crippen molar-refractivity contribution in [3.05, 3.63) is 23.8 Å². The van der Waals surface area contributed by atoms with Crippen molar-refractivity contribution in [2.45, 2.75) is 6.61 Å². The van der Waals surface area contributed by atoms with Gasteiger partial charge in [0.15, 0.2) is 11.5 Å². The first kappa shape index (κ1) is 9.79. The van der Waals surface area contributed by atoms with E-state index in [1.54, 1.807) is 12.1 Å². The number of benzene rings is 1. The first-order chi connectivity index (χ1) is 7.29. The third kappa shape index (κ3) is 2.19. The lowest BCUT2D eigenvalue weighted by atomic mass is 10.2. The minimum atomic E-state index is -0.423. The lowest BCUT2D eigenvalue weighted by Gasteiger charge is -2.04. The van der Waals surface area contributed by atoms with Gasteiger partial charge in [0.1, 0.15) is 6.61 Å². The molecule has 1 aromatic carbocycles. The Hall–Kier alpha value is -1.75. The highest BCUT2D eigenvalue weighted by Crippen LogP contribution is 2.32. The van der Waals surface area contributed by atoms with E-state index in [1.807, 2.05) is 6.07 Å². The maximum absolute atomic E-state index is 10.8. The van der Waals surface area contributed by atoms with E-state index in [2.05, 4.69) is 0 Å². The summed E-state index contributed by atoms with van der Waals surface area (Å²) in [6.45, 7) is 0.332. The van der Waals surface area contributed by atoms with Crippen molar-refractivity contribution in [1.29, 1.82) is 0 Å². The molecule has 5 nitrogen and oxygen atoms in total. The van der Waals surface area contributed by atoms with Crippen LogP contribution in [0, 0.1) is 0 Å². The van der Waals surface area contributed by atoms with Gasteiger partial charge >= 0.3 is 5.97 Å². The molecule has 1 aliphatic rings. The van der Waals surface area contributed by atoms with Crippen molar-refractivity contribution in [2.75, 3.05) is 13.3 Å². The van der Waals surface area contributed by atoms with Gasteiger partial charge in [-0.25, -0.2) is 0 Å². The Morgan fingerprint density at radius 3 is 3.00 bits per heavy atom. The summed E-state index contributed by atoms with van der Waals surface area (Å²) in [4.78, 5) is 10.8. The number of rotatable bonds is 3. The Balaban J connectivity index is 2.01. The smallest absolute Gasteiger partial charge is 0.320 e. The molecule has 15 heavy (non-hydrogen) atoms. The molecule has 0 radical (unpaired) electrons. The first-order valence-electron chi connectivity index (χ1n) is 4.54. The van der Waals surface area contributed by atoms with E-state index in [0.717, 1.165) is 5.56 Å². The summed E-state index contributed by atoms with van der Waals surface area (Å²) in [6, 6.07) is 5.39. The van der Waals surface area contributed by atoms with Gasteiger partial charge < -0.3 is 19.9 Å². The zero-order chi connectivity index (χ0) is 10.7. The van der Waals surface area contributed by atoms with Crippen molar-refractivity contribution in [3.63, 3.8) is 0 Å². The van der Waals surface area contributed by atoms with Gasteiger partial charge in [-0.15, -0.1) is 0 Å². The fourth-order valence-electron chi connectivity index (χ4n) is 1.25. The van der Waals surface area contributed by atoms with Crippen molar-refractivity contribution in [1.82, 2.24) is 0 Å². The van der Waals surface area contributed by atoms with E-state index in [-0.39, 0.29) is 19.9 Å². The molecule has 1 aromatic rings. The van der Waals surface area contributed by atoms with Crippen molar-refractivity contribution < 1.29 is 19.0 Å². The van der Waals surface area contributed by atoms with Gasteiger partial charge in [-0.2, -0.15) is 0 Å². The number of nitrogens with two attached hydrogens (primary N) is 1. The maximum atomic E-state index is 10.8. The van der Waals surface area contributed by atoms with E-state index in [9.17, 15) is 4.79 Å². The zero-order valence-electron chi connectivity index (χ0n) is 8.06. The van der Waals surface area contributed by atoms with Crippen LogP contribution in [0.4, 0.5) is 0 Å². The molecule has 2 rings (SSSR count). The van der Waals surface area contributed by atoms with Crippen LogP contribution in [0.1, 0.15) is 5.56 Å². The molecule has 0 amide bonds. The molecule has 0 unspecified atom stereocenters. The Labute approximate surface area is 86.7 Å². The summed E-state index contributed by atoms with van der Waals surface area (Å²) in [5.41, 5.74) is 5.96. The molecule has 0 fully saturated rings. The predicted molar refractivity (Wildman–Crippen MR) is 51.4 cm³/mol. The molecule has 2 N–H and O–H groups in total. The Morgan fingerprint density at radius 2 is 2.20 bits per heavy atom. The number of fused-ring (bicyclic) bond motifs is 1. The number of hydrogen-bond donors (Lipinski definition) is 1. The lowest BCUT2D eigenvalue weighted by molar-refractivity contribution is -0.143. The van der Waals surface area contributed by atoms with E-state index in [1.165, 1.54) is 0 Å². The van der Waals surface area contributed by atoms with E-state index < -0.39 is 5.97 Å². The van der Waals surface area contributed by atoms with Crippen LogP contribution in [-0.2, 0) is 16.1 Å². The molecule has 1 aliphatic heterocycles. The van der Waals surface area contributed by atoms with Gasteiger partial charge in [0, 0.05) is 0 Å². The number of esters is 1. The first-order valence-corrected chi connectivity index (χ1v) is 4.54. The third-order valence-electron chi connectivity index (χ3n) is 2.00. The summed E-state index contributed by atoms with van der Waals surface area (Å²) < 4.78 is 15.2. The monoisotopic (exact) mass is 209 g/mol. The summed E-state index contributed by atoms with van der Waals surface area (Å²) in [5.74, 6) is 0.966. The molecule has 0 aromatic heterocycles. The van der Waals surface area contributed by atoms with E-state index in [4.69, 9.17) is 19.9 Å². The lowest BCUT2D eigenvalue weighted by Crippen LogP contribution is -2.16. The Bertz CT molecular complexity index is 378. The molecule has 0 saturated carbocycles. The van der Waals surface area contributed by atoms with Gasteiger partial charge in [0.2, 0.25) is 6.79 Å². The molecule has 0 aliphatic carbocycles. The number of ether oxygens (including phenoxy) is 3. The summed E-state index contributed by atoms with van der Waals surface area (Å²) in [6.07, 6.45) is 0. The van der Waals surface area contributed by atoms with Crippen LogP contribution in [0.3, 0.4) is 0 Å². The molecule has 5 heteroatoms.